The van der Waals surface area contributed by atoms with E-state index in [9.17, 15) is 21.6 Å². The van der Waals surface area contributed by atoms with Crippen LogP contribution >= 0.6 is 0 Å². The molecule has 0 aromatic heterocycles. The lowest BCUT2D eigenvalue weighted by atomic mass is 10.4. The van der Waals surface area contributed by atoms with Gasteiger partial charge in [0.2, 0.25) is 10.0 Å². The molecular formula is C11H15NO6S2. The van der Waals surface area contributed by atoms with Crippen molar-refractivity contribution in [2.24, 2.45) is 0 Å². The normalized spacial score (nSPS) is 12.1. The molecule has 0 spiro atoms. The quantitative estimate of drug-likeness (QED) is 0.735. The molecule has 0 fully saturated rings. The van der Waals surface area contributed by atoms with E-state index in [2.05, 4.69) is 9.46 Å². The van der Waals surface area contributed by atoms with E-state index in [0.29, 0.717) is 0 Å². The number of ether oxygens (including phenoxy) is 1. The molecule has 7 nitrogen and oxygen atoms in total. The third-order valence-electron chi connectivity index (χ3n) is 2.41. The summed E-state index contributed by atoms with van der Waals surface area (Å²) < 4.78 is 52.8. The van der Waals surface area contributed by atoms with E-state index >= 15 is 0 Å². The molecule has 0 atom stereocenters. The third kappa shape index (κ3) is 4.58. The van der Waals surface area contributed by atoms with E-state index in [0.717, 1.165) is 6.26 Å². The van der Waals surface area contributed by atoms with Crippen LogP contribution in [0.5, 0.6) is 0 Å². The summed E-state index contributed by atoms with van der Waals surface area (Å²) in [7, 11) is -5.94. The van der Waals surface area contributed by atoms with Crippen LogP contribution in [-0.4, -0.2) is 42.7 Å². The second-order valence-electron chi connectivity index (χ2n) is 3.97. The molecule has 112 valence electrons. The van der Waals surface area contributed by atoms with Crippen molar-refractivity contribution >= 4 is 25.8 Å². The molecule has 0 amide bonds. The van der Waals surface area contributed by atoms with Gasteiger partial charge in [0.15, 0.2) is 9.84 Å². The van der Waals surface area contributed by atoms with Crippen molar-refractivity contribution in [3.05, 3.63) is 24.3 Å². The van der Waals surface area contributed by atoms with Gasteiger partial charge < -0.3 is 4.74 Å². The summed E-state index contributed by atoms with van der Waals surface area (Å²) in [6.45, 7) is -0.0944. The van der Waals surface area contributed by atoms with Gasteiger partial charge in [-0.05, 0) is 24.3 Å². The maximum absolute atomic E-state index is 11.9. The van der Waals surface area contributed by atoms with Gasteiger partial charge in [0.05, 0.1) is 23.3 Å². The number of sulfone groups is 1. The minimum absolute atomic E-state index is 0.0333. The monoisotopic (exact) mass is 321 g/mol. The van der Waals surface area contributed by atoms with Crippen molar-refractivity contribution in [2.45, 2.75) is 16.2 Å². The SMILES string of the molecule is COC(=O)CCNS(=O)(=O)c1ccc(S(C)(=O)=O)cc1. The second kappa shape index (κ2) is 6.33. The minimum Gasteiger partial charge on any atom is -0.469 e. The molecule has 1 N–H and O–H groups in total. The van der Waals surface area contributed by atoms with Crippen molar-refractivity contribution in [3.63, 3.8) is 0 Å². The number of carbonyl (C=O) groups is 1. The number of carbonyl (C=O) groups excluding carboxylic acids is 1. The third-order valence-corrected chi connectivity index (χ3v) is 5.02. The van der Waals surface area contributed by atoms with E-state index in [1.807, 2.05) is 0 Å². The highest BCUT2D eigenvalue weighted by atomic mass is 32.2. The summed E-state index contributed by atoms with van der Waals surface area (Å²) in [5.41, 5.74) is 0. The first-order valence-electron chi connectivity index (χ1n) is 5.53. The Morgan fingerprint density at radius 1 is 1.10 bits per heavy atom. The van der Waals surface area contributed by atoms with Gasteiger partial charge >= 0.3 is 5.97 Å². The summed E-state index contributed by atoms with van der Waals surface area (Å²) >= 11 is 0. The van der Waals surface area contributed by atoms with Gasteiger partial charge in [0.25, 0.3) is 0 Å². The maximum Gasteiger partial charge on any atom is 0.306 e. The van der Waals surface area contributed by atoms with Crippen LogP contribution in [0.3, 0.4) is 0 Å². The van der Waals surface area contributed by atoms with E-state index in [1.165, 1.54) is 31.4 Å². The Kier molecular flexibility index (Phi) is 5.26. The van der Waals surface area contributed by atoms with Gasteiger partial charge in [0, 0.05) is 12.8 Å². The maximum atomic E-state index is 11.9. The zero-order valence-corrected chi connectivity index (χ0v) is 12.6. The molecule has 1 aromatic carbocycles. The molecule has 0 saturated heterocycles. The highest BCUT2D eigenvalue weighted by Gasteiger charge is 2.15. The number of sulfonamides is 1. The molecule has 0 aliphatic carbocycles. The van der Waals surface area contributed by atoms with Crippen molar-refractivity contribution in [3.8, 4) is 0 Å². The van der Waals surface area contributed by atoms with Crippen LogP contribution in [0.25, 0.3) is 0 Å². The minimum atomic E-state index is -3.78. The fraction of sp³-hybridized carbons (Fsp3) is 0.364. The van der Waals surface area contributed by atoms with E-state index in [-0.39, 0.29) is 22.8 Å². The molecule has 0 radical (unpaired) electrons. The topological polar surface area (TPSA) is 107 Å². The van der Waals surface area contributed by atoms with Gasteiger partial charge in [-0.1, -0.05) is 0 Å². The molecular weight excluding hydrogens is 306 g/mol. The lowest BCUT2D eigenvalue weighted by Crippen LogP contribution is -2.26. The van der Waals surface area contributed by atoms with Crippen molar-refractivity contribution in [1.29, 1.82) is 0 Å². The molecule has 1 rings (SSSR count). The molecule has 1 aromatic rings. The number of rotatable bonds is 6. The number of benzene rings is 1. The molecule has 0 heterocycles. The van der Waals surface area contributed by atoms with Gasteiger partial charge in [-0.25, -0.2) is 21.6 Å². The van der Waals surface area contributed by atoms with Crippen LogP contribution in [0.4, 0.5) is 0 Å². The molecule has 0 bridgehead atoms. The van der Waals surface area contributed by atoms with Crippen LogP contribution < -0.4 is 4.72 Å². The summed E-state index contributed by atoms with van der Waals surface area (Å²) in [5.74, 6) is -0.528. The van der Waals surface area contributed by atoms with Crippen LogP contribution in [0.2, 0.25) is 0 Å². The Hall–Kier alpha value is -1.45. The molecule has 20 heavy (non-hydrogen) atoms. The Bertz CT molecular complexity index is 676. The predicted octanol–water partition coefficient (Wildman–Crippen LogP) is -0.0685. The van der Waals surface area contributed by atoms with Crippen LogP contribution in [0.1, 0.15) is 6.42 Å². The number of nitrogens with one attached hydrogen (secondary N) is 1. The Balaban J connectivity index is 2.81. The molecule has 9 heteroatoms. The van der Waals surface area contributed by atoms with Crippen molar-refractivity contribution < 1.29 is 26.4 Å². The highest BCUT2D eigenvalue weighted by molar-refractivity contribution is 7.90. The van der Waals surface area contributed by atoms with E-state index in [4.69, 9.17) is 0 Å². The second-order valence-corrected chi connectivity index (χ2v) is 7.75. The summed E-state index contributed by atoms with van der Waals surface area (Å²) in [5, 5.41) is 0. The summed E-state index contributed by atoms with van der Waals surface area (Å²) in [6, 6.07) is 4.81. The molecule has 0 unspecified atom stereocenters. The standard InChI is InChI=1S/C11H15NO6S2/c1-18-11(13)7-8-12-20(16,17)10-5-3-9(4-6-10)19(2,14)15/h3-6,12H,7-8H2,1-2H3. The summed E-state index contributed by atoms with van der Waals surface area (Å²) in [4.78, 5) is 10.8. The lowest BCUT2D eigenvalue weighted by molar-refractivity contribution is -0.140. The van der Waals surface area contributed by atoms with E-state index < -0.39 is 25.8 Å². The lowest BCUT2D eigenvalue weighted by Gasteiger charge is -2.06. The van der Waals surface area contributed by atoms with Gasteiger partial charge in [0.1, 0.15) is 0 Å². The summed E-state index contributed by atoms with van der Waals surface area (Å²) in [6.07, 6.45) is 0.947. The number of hydrogen-bond acceptors (Lipinski definition) is 6. The van der Waals surface area contributed by atoms with Gasteiger partial charge in [-0.15, -0.1) is 0 Å². The Labute approximate surface area is 117 Å². The molecule has 0 aliphatic heterocycles. The van der Waals surface area contributed by atoms with Gasteiger partial charge in [-0.2, -0.15) is 0 Å². The smallest absolute Gasteiger partial charge is 0.306 e. The van der Waals surface area contributed by atoms with Crippen molar-refractivity contribution in [1.82, 2.24) is 4.72 Å². The van der Waals surface area contributed by atoms with Gasteiger partial charge in [-0.3, -0.25) is 4.79 Å². The van der Waals surface area contributed by atoms with Crippen LogP contribution in [0.15, 0.2) is 34.1 Å². The average Bonchev–Trinajstić information content (AvgIpc) is 2.37. The zero-order chi connectivity index (χ0) is 15.4. The highest BCUT2D eigenvalue weighted by Crippen LogP contribution is 2.14. The molecule has 0 aliphatic rings. The first-order valence-corrected chi connectivity index (χ1v) is 8.91. The number of hydrogen-bond donors (Lipinski definition) is 1. The molecule has 0 saturated carbocycles. The first kappa shape index (κ1) is 16.6. The van der Waals surface area contributed by atoms with Crippen LogP contribution in [-0.2, 0) is 29.4 Å². The Morgan fingerprint density at radius 2 is 1.60 bits per heavy atom. The predicted molar refractivity (Wildman–Crippen MR) is 71.4 cm³/mol. The Morgan fingerprint density at radius 3 is 2.05 bits per heavy atom. The van der Waals surface area contributed by atoms with E-state index in [1.54, 1.807) is 0 Å². The average molecular weight is 321 g/mol. The van der Waals surface area contributed by atoms with Crippen molar-refractivity contribution in [2.75, 3.05) is 19.9 Å². The fourth-order valence-corrected chi connectivity index (χ4v) is 3.00. The first-order chi connectivity index (χ1) is 9.16. The fourth-order valence-electron chi connectivity index (χ4n) is 1.34. The number of methoxy groups -OCH3 is 1. The van der Waals surface area contributed by atoms with Crippen LogP contribution in [0, 0.1) is 0 Å². The largest absolute Gasteiger partial charge is 0.469 e. The zero-order valence-electron chi connectivity index (χ0n) is 11.0. The number of esters is 1.